The van der Waals surface area contributed by atoms with E-state index >= 15 is 0 Å². The van der Waals surface area contributed by atoms with Crippen LogP contribution < -0.4 is 4.90 Å². The first-order valence-electron chi connectivity index (χ1n) is 8.72. The van der Waals surface area contributed by atoms with E-state index in [4.69, 9.17) is 16.0 Å². The number of amides is 1. The number of anilines is 1. The Morgan fingerprint density at radius 2 is 2.00 bits per heavy atom. The summed E-state index contributed by atoms with van der Waals surface area (Å²) in [5, 5.41) is 0.636. The zero-order valence-corrected chi connectivity index (χ0v) is 15.3. The summed E-state index contributed by atoms with van der Waals surface area (Å²) in [6, 6.07) is 15.5. The van der Waals surface area contributed by atoms with Crippen molar-refractivity contribution in [3.63, 3.8) is 0 Å². The molecule has 0 saturated carbocycles. The van der Waals surface area contributed by atoms with Crippen molar-refractivity contribution in [2.75, 3.05) is 4.90 Å². The number of aryl methyl sites for hydroxylation is 2. The Bertz CT molecular complexity index is 964. The number of halogens is 1. The van der Waals surface area contributed by atoms with Gasteiger partial charge < -0.3 is 9.32 Å². The Morgan fingerprint density at radius 1 is 1.15 bits per heavy atom. The van der Waals surface area contributed by atoms with Gasteiger partial charge >= 0.3 is 0 Å². The van der Waals surface area contributed by atoms with Crippen molar-refractivity contribution in [2.45, 2.75) is 32.7 Å². The van der Waals surface area contributed by atoms with Crippen LogP contribution in [0, 0.1) is 6.92 Å². The van der Waals surface area contributed by atoms with Crippen LogP contribution in [0.25, 0.3) is 11.5 Å². The first kappa shape index (κ1) is 16.9. The van der Waals surface area contributed by atoms with E-state index in [2.05, 4.69) is 11.1 Å². The molecule has 4 rings (SSSR count). The fraction of sp³-hybridized carbons (Fsp3) is 0.238. The van der Waals surface area contributed by atoms with E-state index < -0.39 is 0 Å². The molecule has 5 heteroatoms. The summed E-state index contributed by atoms with van der Waals surface area (Å²) in [6.45, 7) is 2.29. The van der Waals surface area contributed by atoms with Crippen LogP contribution in [0.15, 0.2) is 52.9 Å². The van der Waals surface area contributed by atoms with Gasteiger partial charge in [0.2, 0.25) is 11.8 Å². The van der Waals surface area contributed by atoms with Crippen molar-refractivity contribution < 1.29 is 9.21 Å². The second-order valence-corrected chi connectivity index (χ2v) is 6.93. The van der Waals surface area contributed by atoms with Crippen molar-refractivity contribution in [2.24, 2.45) is 0 Å². The molecule has 0 saturated heterocycles. The van der Waals surface area contributed by atoms with Crippen molar-refractivity contribution in [1.29, 1.82) is 0 Å². The molecular formula is C21H19ClN2O2. The Morgan fingerprint density at radius 3 is 2.85 bits per heavy atom. The third-order valence-electron chi connectivity index (χ3n) is 4.69. The molecule has 3 aromatic rings. The Hall–Kier alpha value is -2.59. The highest BCUT2D eigenvalue weighted by atomic mass is 35.5. The molecule has 2 aromatic carbocycles. The average molecular weight is 367 g/mol. The number of hydrogen-bond donors (Lipinski definition) is 0. The van der Waals surface area contributed by atoms with Crippen LogP contribution in [0.2, 0.25) is 5.02 Å². The number of fused-ring (bicyclic) bond motifs is 1. The number of carbonyl (C=O) groups is 1. The molecule has 132 valence electrons. The topological polar surface area (TPSA) is 46.3 Å². The number of aromatic nitrogens is 1. The molecule has 0 fully saturated rings. The van der Waals surface area contributed by atoms with Crippen molar-refractivity contribution >= 4 is 23.2 Å². The molecular weight excluding hydrogens is 348 g/mol. The molecule has 1 aliphatic rings. The molecule has 26 heavy (non-hydrogen) atoms. The van der Waals surface area contributed by atoms with Crippen LogP contribution in [0.4, 0.5) is 5.69 Å². The van der Waals surface area contributed by atoms with Gasteiger partial charge in [-0.25, -0.2) is 4.98 Å². The molecule has 1 aromatic heterocycles. The van der Waals surface area contributed by atoms with Crippen LogP contribution in [0.3, 0.4) is 0 Å². The highest BCUT2D eigenvalue weighted by molar-refractivity contribution is 6.30. The molecule has 2 heterocycles. The third-order valence-corrected chi connectivity index (χ3v) is 4.93. The van der Waals surface area contributed by atoms with Crippen molar-refractivity contribution in [1.82, 2.24) is 4.98 Å². The average Bonchev–Trinajstić information content (AvgIpc) is 2.92. The lowest BCUT2D eigenvalue weighted by atomic mass is 10.1. The second-order valence-electron chi connectivity index (χ2n) is 6.49. The number of hydrogen-bond acceptors (Lipinski definition) is 3. The highest BCUT2D eigenvalue weighted by Gasteiger charge is 2.24. The monoisotopic (exact) mass is 366 g/mol. The lowest BCUT2D eigenvalue weighted by Gasteiger charge is -2.22. The standard InChI is InChI=1S/C21H19ClN2O2/c1-14-18(23-21(26-14)16-8-4-9-17(22)12-16)13-24-19-10-3-2-6-15(19)7-5-11-20(24)25/h2-4,6,8-10,12H,5,7,11,13H2,1H3. The number of carbonyl (C=O) groups excluding carboxylic acids is 1. The fourth-order valence-corrected chi connectivity index (χ4v) is 3.52. The normalized spacial score (nSPS) is 14.2. The van der Waals surface area contributed by atoms with Gasteiger partial charge in [-0.2, -0.15) is 0 Å². The molecule has 0 unspecified atom stereocenters. The van der Waals surface area contributed by atoms with E-state index in [1.54, 1.807) is 0 Å². The SMILES string of the molecule is Cc1oc(-c2cccc(Cl)c2)nc1CN1C(=O)CCCc2ccccc21. The summed E-state index contributed by atoms with van der Waals surface area (Å²) in [4.78, 5) is 19.1. The molecule has 0 radical (unpaired) electrons. The van der Waals surface area contributed by atoms with E-state index in [1.165, 1.54) is 5.56 Å². The Kier molecular flexibility index (Phi) is 4.51. The molecule has 0 spiro atoms. The van der Waals surface area contributed by atoms with Gasteiger partial charge in [-0.3, -0.25) is 4.79 Å². The van der Waals surface area contributed by atoms with Gasteiger partial charge in [0.25, 0.3) is 0 Å². The lowest BCUT2D eigenvalue weighted by Crippen LogP contribution is -2.30. The maximum atomic E-state index is 12.7. The van der Waals surface area contributed by atoms with Gasteiger partial charge in [0.05, 0.1) is 6.54 Å². The largest absolute Gasteiger partial charge is 0.441 e. The van der Waals surface area contributed by atoms with Crippen LogP contribution in [0.5, 0.6) is 0 Å². The van der Waals surface area contributed by atoms with E-state index in [0.717, 1.165) is 35.5 Å². The minimum Gasteiger partial charge on any atom is -0.441 e. The quantitative estimate of drug-likeness (QED) is 0.642. The van der Waals surface area contributed by atoms with Crippen LogP contribution in [-0.2, 0) is 17.8 Å². The zero-order valence-electron chi connectivity index (χ0n) is 14.5. The number of oxazole rings is 1. The van der Waals surface area contributed by atoms with E-state index in [0.29, 0.717) is 23.9 Å². The first-order valence-corrected chi connectivity index (χ1v) is 9.10. The minimum absolute atomic E-state index is 0.127. The Balaban J connectivity index is 1.68. The number of para-hydroxylation sites is 1. The molecule has 0 atom stereocenters. The number of nitrogens with zero attached hydrogens (tertiary/aromatic N) is 2. The summed E-state index contributed by atoms with van der Waals surface area (Å²) in [6.07, 6.45) is 2.34. The molecule has 0 aliphatic carbocycles. The highest BCUT2D eigenvalue weighted by Crippen LogP contribution is 2.30. The van der Waals surface area contributed by atoms with Gasteiger partial charge in [0, 0.05) is 22.7 Å². The van der Waals surface area contributed by atoms with Gasteiger partial charge in [-0.15, -0.1) is 0 Å². The number of rotatable bonds is 3. The van der Waals surface area contributed by atoms with Crippen molar-refractivity contribution in [3.05, 3.63) is 70.6 Å². The first-order chi connectivity index (χ1) is 12.6. The third kappa shape index (κ3) is 3.25. The molecule has 0 N–H and O–H groups in total. The fourth-order valence-electron chi connectivity index (χ4n) is 3.33. The van der Waals surface area contributed by atoms with Gasteiger partial charge in [-0.1, -0.05) is 35.9 Å². The zero-order chi connectivity index (χ0) is 18.1. The summed E-state index contributed by atoms with van der Waals surface area (Å²) < 4.78 is 5.84. The second kappa shape index (κ2) is 6.96. The predicted octanol–water partition coefficient (Wildman–Crippen LogP) is 5.17. The summed E-state index contributed by atoms with van der Waals surface area (Å²) in [7, 11) is 0. The van der Waals surface area contributed by atoms with E-state index in [1.807, 2.05) is 54.3 Å². The van der Waals surface area contributed by atoms with Crippen molar-refractivity contribution in [3.8, 4) is 11.5 Å². The van der Waals surface area contributed by atoms with Crippen LogP contribution in [0.1, 0.15) is 29.9 Å². The summed E-state index contributed by atoms with van der Waals surface area (Å²) >= 11 is 6.07. The maximum absolute atomic E-state index is 12.7. The smallest absolute Gasteiger partial charge is 0.227 e. The lowest BCUT2D eigenvalue weighted by molar-refractivity contribution is -0.118. The molecule has 0 bridgehead atoms. The Labute approximate surface area is 157 Å². The van der Waals surface area contributed by atoms with E-state index in [9.17, 15) is 4.79 Å². The maximum Gasteiger partial charge on any atom is 0.227 e. The van der Waals surface area contributed by atoms with Gasteiger partial charge in [0.1, 0.15) is 11.5 Å². The molecule has 1 aliphatic heterocycles. The summed E-state index contributed by atoms with van der Waals surface area (Å²) in [5.41, 5.74) is 3.77. The van der Waals surface area contributed by atoms with Crippen LogP contribution in [-0.4, -0.2) is 10.9 Å². The number of benzene rings is 2. The van der Waals surface area contributed by atoms with Gasteiger partial charge in [0.15, 0.2) is 0 Å². The predicted molar refractivity (Wildman–Crippen MR) is 102 cm³/mol. The summed E-state index contributed by atoms with van der Waals surface area (Å²) in [5.74, 6) is 1.37. The van der Waals surface area contributed by atoms with Gasteiger partial charge in [-0.05, 0) is 49.6 Å². The molecule has 4 nitrogen and oxygen atoms in total. The molecule has 1 amide bonds. The van der Waals surface area contributed by atoms with Crippen LogP contribution >= 0.6 is 11.6 Å². The van der Waals surface area contributed by atoms with E-state index in [-0.39, 0.29) is 5.91 Å². The minimum atomic E-state index is 0.127.